The summed E-state index contributed by atoms with van der Waals surface area (Å²) in [7, 11) is 0. The van der Waals surface area contributed by atoms with Crippen LogP contribution in [0.25, 0.3) is 0 Å². The van der Waals surface area contributed by atoms with Crippen LogP contribution in [-0.2, 0) is 0 Å². The fourth-order valence-electron chi connectivity index (χ4n) is 1.11. The molecule has 1 amide bonds. The first kappa shape index (κ1) is 9.73. The van der Waals surface area contributed by atoms with Crippen molar-refractivity contribution in [3.05, 3.63) is 47.3 Å². The minimum absolute atomic E-state index is 0.428. The molecule has 15 heavy (non-hydrogen) atoms. The second kappa shape index (κ2) is 4.14. The highest BCUT2D eigenvalue weighted by Gasteiger charge is 2.06. The monoisotopic (exact) mass is 219 g/mol. The first-order chi connectivity index (χ1) is 7.25. The molecule has 1 aromatic heterocycles. The first-order valence-corrected chi connectivity index (χ1v) is 5.20. The topological polar surface area (TPSA) is 52.3 Å². The molecule has 1 heterocycles. The van der Waals surface area contributed by atoms with Gasteiger partial charge in [0.25, 0.3) is 5.91 Å². The summed E-state index contributed by atoms with van der Waals surface area (Å²) in [6, 6.07) is 12.8. The van der Waals surface area contributed by atoms with E-state index in [4.69, 9.17) is 10.5 Å². The molecule has 1 aromatic carbocycles. The summed E-state index contributed by atoms with van der Waals surface area (Å²) in [4.78, 5) is 11.3. The van der Waals surface area contributed by atoms with Crippen molar-refractivity contribution in [1.82, 2.24) is 0 Å². The molecule has 2 N–H and O–H groups in total. The molecule has 0 radical (unpaired) electrons. The fraction of sp³-hybridized carbons (Fsp3) is 0. The van der Waals surface area contributed by atoms with Crippen molar-refractivity contribution in [3.8, 4) is 10.8 Å². The Kier molecular flexibility index (Phi) is 2.69. The molecular weight excluding hydrogens is 210 g/mol. The van der Waals surface area contributed by atoms with E-state index in [0.717, 1.165) is 5.75 Å². The average molecular weight is 219 g/mol. The molecule has 0 fully saturated rings. The van der Waals surface area contributed by atoms with Gasteiger partial charge in [-0.3, -0.25) is 4.79 Å². The summed E-state index contributed by atoms with van der Waals surface area (Å²) in [5, 5.41) is 0.662. The Hall–Kier alpha value is -1.81. The maximum Gasteiger partial charge on any atom is 0.258 e. The molecule has 0 aliphatic carbocycles. The van der Waals surface area contributed by atoms with E-state index in [-0.39, 0.29) is 0 Å². The van der Waals surface area contributed by atoms with Crippen LogP contribution < -0.4 is 10.5 Å². The highest BCUT2D eigenvalue weighted by Crippen LogP contribution is 2.28. The van der Waals surface area contributed by atoms with Gasteiger partial charge >= 0.3 is 0 Å². The van der Waals surface area contributed by atoms with Crippen LogP contribution in [-0.4, -0.2) is 5.91 Å². The lowest BCUT2D eigenvalue weighted by Gasteiger charge is -2.00. The van der Waals surface area contributed by atoms with Crippen LogP contribution >= 0.6 is 11.3 Å². The highest BCUT2D eigenvalue weighted by atomic mass is 32.1. The second-order valence-electron chi connectivity index (χ2n) is 2.90. The Labute approximate surface area is 91.1 Å². The largest absolute Gasteiger partial charge is 0.447 e. The van der Waals surface area contributed by atoms with Gasteiger partial charge in [-0.15, -0.1) is 0 Å². The third-order valence-electron chi connectivity index (χ3n) is 1.79. The zero-order chi connectivity index (χ0) is 10.7. The van der Waals surface area contributed by atoms with Crippen LogP contribution in [0.2, 0.25) is 0 Å². The van der Waals surface area contributed by atoms with Gasteiger partial charge in [-0.25, -0.2) is 0 Å². The summed E-state index contributed by atoms with van der Waals surface area (Å²) in [6.45, 7) is 0. The van der Waals surface area contributed by atoms with Gasteiger partial charge in [-0.2, -0.15) is 0 Å². The summed E-state index contributed by atoms with van der Waals surface area (Å²) in [5.74, 6) is 0.318. The Bertz CT molecular complexity index is 464. The molecule has 0 bridgehead atoms. The van der Waals surface area contributed by atoms with E-state index in [1.807, 2.05) is 30.3 Å². The van der Waals surface area contributed by atoms with Crippen LogP contribution in [0.5, 0.6) is 10.8 Å². The van der Waals surface area contributed by atoms with E-state index in [9.17, 15) is 4.79 Å². The normalized spacial score (nSPS) is 9.87. The van der Waals surface area contributed by atoms with E-state index >= 15 is 0 Å². The van der Waals surface area contributed by atoms with Gasteiger partial charge in [-0.1, -0.05) is 29.5 Å². The minimum Gasteiger partial charge on any atom is -0.447 e. The standard InChI is InChI=1S/C11H9NO2S/c12-11(13)9-6-7-10(15-9)14-8-4-2-1-3-5-8/h1-7H,(H2,12,13). The van der Waals surface area contributed by atoms with E-state index in [2.05, 4.69) is 0 Å². The molecule has 0 aliphatic heterocycles. The minimum atomic E-state index is -0.428. The number of amides is 1. The SMILES string of the molecule is NC(=O)c1ccc(Oc2ccccc2)s1. The maximum absolute atomic E-state index is 10.8. The van der Waals surface area contributed by atoms with E-state index < -0.39 is 5.91 Å². The number of benzene rings is 1. The number of ether oxygens (including phenoxy) is 1. The van der Waals surface area contributed by atoms with Crippen LogP contribution in [0, 0.1) is 0 Å². The molecule has 3 nitrogen and oxygen atoms in total. The smallest absolute Gasteiger partial charge is 0.258 e. The Morgan fingerprint density at radius 2 is 1.87 bits per heavy atom. The van der Waals surface area contributed by atoms with Crippen LogP contribution in [0.4, 0.5) is 0 Å². The molecule has 0 atom stereocenters. The molecule has 0 unspecified atom stereocenters. The predicted octanol–water partition coefficient (Wildman–Crippen LogP) is 2.64. The molecule has 0 aliphatic rings. The number of primary amides is 1. The highest BCUT2D eigenvalue weighted by molar-refractivity contribution is 7.15. The number of thiophene rings is 1. The average Bonchev–Trinajstić information content (AvgIpc) is 2.68. The zero-order valence-corrected chi connectivity index (χ0v) is 8.66. The number of carbonyl (C=O) groups excluding carboxylic acids is 1. The number of hydrogen-bond acceptors (Lipinski definition) is 3. The Balaban J connectivity index is 2.15. The number of rotatable bonds is 3. The molecule has 0 saturated heterocycles. The lowest BCUT2D eigenvalue weighted by atomic mass is 10.3. The summed E-state index contributed by atoms with van der Waals surface area (Å²) in [6.07, 6.45) is 0. The Morgan fingerprint density at radius 1 is 1.13 bits per heavy atom. The summed E-state index contributed by atoms with van der Waals surface area (Å²) in [5.41, 5.74) is 5.14. The van der Waals surface area contributed by atoms with Crippen molar-refractivity contribution in [2.24, 2.45) is 5.73 Å². The number of carbonyl (C=O) groups is 1. The third-order valence-corrected chi connectivity index (χ3v) is 2.76. The molecular formula is C11H9NO2S. The van der Waals surface area contributed by atoms with Gasteiger partial charge in [0.1, 0.15) is 5.75 Å². The predicted molar refractivity (Wildman–Crippen MR) is 59.4 cm³/mol. The fourth-order valence-corrected chi connectivity index (χ4v) is 1.84. The molecule has 0 saturated carbocycles. The van der Waals surface area contributed by atoms with Crippen molar-refractivity contribution in [2.75, 3.05) is 0 Å². The van der Waals surface area contributed by atoms with Crippen molar-refractivity contribution in [2.45, 2.75) is 0 Å². The van der Waals surface area contributed by atoms with Gasteiger partial charge < -0.3 is 10.5 Å². The molecule has 2 aromatic rings. The summed E-state index contributed by atoms with van der Waals surface area (Å²) < 4.78 is 5.52. The van der Waals surface area contributed by atoms with Crippen molar-refractivity contribution in [1.29, 1.82) is 0 Å². The first-order valence-electron chi connectivity index (χ1n) is 4.38. The van der Waals surface area contributed by atoms with Crippen molar-refractivity contribution >= 4 is 17.2 Å². The second-order valence-corrected chi connectivity index (χ2v) is 3.94. The lowest BCUT2D eigenvalue weighted by Crippen LogP contribution is -2.07. The molecule has 76 valence electrons. The molecule has 0 spiro atoms. The van der Waals surface area contributed by atoms with Gasteiger partial charge in [0, 0.05) is 0 Å². The lowest BCUT2D eigenvalue weighted by molar-refractivity contribution is 0.100. The van der Waals surface area contributed by atoms with E-state index in [0.29, 0.717) is 9.94 Å². The van der Waals surface area contributed by atoms with Crippen LogP contribution in [0.15, 0.2) is 42.5 Å². The number of para-hydroxylation sites is 1. The van der Waals surface area contributed by atoms with E-state index in [1.54, 1.807) is 12.1 Å². The maximum atomic E-state index is 10.8. The number of hydrogen-bond donors (Lipinski definition) is 1. The summed E-state index contributed by atoms with van der Waals surface area (Å²) >= 11 is 1.24. The third kappa shape index (κ3) is 2.35. The molecule has 4 heteroatoms. The van der Waals surface area contributed by atoms with E-state index in [1.165, 1.54) is 11.3 Å². The van der Waals surface area contributed by atoms with Gasteiger partial charge in [0.2, 0.25) is 0 Å². The van der Waals surface area contributed by atoms with Gasteiger partial charge in [0.15, 0.2) is 5.06 Å². The van der Waals surface area contributed by atoms with Crippen molar-refractivity contribution in [3.63, 3.8) is 0 Å². The quantitative estimate of drug-likeness (QED) is 0.862. The zero-order valence-electron chi connectivity index (χ0n) is 7.84. The van der Waals surface area contributed by atoms with Gasteiger partial charge in [0.05, 0.1) is 4.88 Å². The van der Waals surface area contributed by atoms with Gasteiger partial charge in [-0.05, 0) is 24.3 Å². The van der Waals surface area contributed by atoms with Crippen molar-refractivity contribution < 1.29 is 9.53 Å². The number of nitrogens with two attached hydrogens (primary N) is 1. The van der Waals surface area contributed by atoms with Crippen LogP contribution in [0.1, 0.15) is 9.67 Å². The Morgan fingerprint density at radius 3 is 2.47 bits per heavy atom. The molecule has 2 rings (SSSR count). The van der Waals surface area contributed by atoms with Crippen LogP contribution in [0.3, 0.4) is 0 Å².